The maximum absolute atomic E-state index is 13.7. The van der Waals surface area contributed by atoms with Crippen molar-refractivity contribution in [2.45, 2.75) is 0 Å². The van der Waals surface area contributed by atoms with Gasteiger partial charge < -0.3 is 9.47 Å². The lowest BCUT2D eigenvalue weighted by Crippen LogP contribution is -2.27. The first-order valence-electron chi connectivity index (χ1n) is 12.8. The molecule has 0 atom stereocenters. The Morgan fingerprint density at radius 3 is 1.02 bits per heavy atom. The molecule has 5 aromatic carbocycles. The van der Waals surface area contributed by atoms with Gasteiger partial charge in [-0.25, -0.2) is 0 Å². The molecule has 0 saturated carbocycles. The number of hydrogen-bond acceptors (Lipinski definition) is 4. The van der Waals surface area contributed by atoms with Gasteiger partial charge in [0.25, 0.3) is 11.8 Å². The van der Waals surface area contributed by atoms with Crippen LogP contribution in [0.1, 0.15) is 20.7 Å². The molecular weight excluding hydrogens is 500 g/mol. The smallest absolute Gasteiger partial charge is 0.262 e. The van der Waals surface area contributed by atoms with Crippen molar-refractivity contribution in [3.05, 3.63) is 145 Å². The SMILES string of the molecule is COc1ccc(C(=O)N(c2ccccc2)c2ccc(N(C(=O)c3ccc(OC)cc3)c3ccccc3)cc2)cc1. The number of carbonyl (C=O) groups excluding carboxylic acids is 2. The van der Waals surface area contributed by atoms with Crippen LogP contribution in [0.25, 0.3) is 0 Å². The first kappa shape index (κ1) is 26.3. The van der Waals surface area contributed by atoms with E-state index in [2.05, 4.69) is 0 Å². The minimum Gasteiger partial charge on any atom is -0.497 e. The van der Waals surface area contributed by atoms with Gasteiger partial charge in [0.2, 0.25) is 0 Å². The maximum atomic E-state index is 13.7. The fraction of sp³-hybridized carbons (Fsp3) is 0.0588. The van der Waals surface area contributed by atoms with Crippen LogP contribution < -0.4 is 19.3 Å². The van der Waals surface area contributed by atoms with Gasteiger partial charge in [0.05, 0.1) is 14.2 Å². The van der Waals surface area contributed by atoms with E-state index in [0.717, 1.165) is 11.4 Å². The number of ether oxygens (including phenoxy) is 2. The van der Waals surface area contributed by atoms with Crippen LogP contribution in [0.3, 0.4) is 0 Å². The largest absolute Gasteiger partial charge is 0.497 e. The third kappa shape index (κ3) is 5.56. The fourth-order valence-electron chi connectivity index (χ4n) is 4.40. The van der Waals surface area contributed by atoms with Crippen LogP contribution in [0.4, 0.5) is 22.7 Å². The minimum atomic E-state index is -0.184. The number of benzene rings is 5. The van der Waals surface area contributed by atoms with E-state index >= 15 is 0 Å². The molecule has 0 radical (unpaired) electrons. The summed E-state index contributed by atoms with van der Waals surface area (Å²) in [5, 5.41) is 0. The van der Waals surface area contributed by atoms with Gasteiger partial charge in [0.15, 0.2) is 0 Å². The Morgan fingerprint density at radius 1 is 0.425 bits per heavy atom. The molecule has 198 valence electrons. The summed E-state index contributed by atoms with van der Waals surface area (Å²) in [7, 11) is 3.18. The van der Waals surface area contributed by atoms with Gasteiger partial charge in [-0.3, -0.25) is 19.4 Å². The lowest BCUT2D eigenvalue weighted by Gasteiger charge is -2.26. The molecule has 40 heavy (non-hydrogen) atoms. The minimum absolute atomic E-state index is 0.184. The van der Waals surface area contributed by atoms with Gasteiger partial charge in [0, 0.05) is 33.9 Å². The summed E-state index contributed by atoms with van der Waals surface area (Å²) < 4.78 is 10.5. The van der Waals surface area contributed by atoms with Crippen molar-refractivity contribution in [3.8, 4) is 11.5 Å². The number of para-hydroxylation sites is 2. The zero-order chi connectivity index (χ0) is 27.9. The lowest BCUT2D eigenvalue weighted by atomic mass is 10.1. The van der Waals surface area contributed by atoms with E-state index in [1.807, 2.05) is 84.9 Å². The molecule has 6 heteroatoms. The molecule has 0 saturated heterocycles. The number of rotatable bonds is 8. The molecule has 0 aliphatic rings. The van der Waals surface area contributed by atoms with E-state index in [-0.39, 0.29) is 11.8 Å². The fourth-order valence-corrected chi connectivity index (χ4v) is 4.40. The van der Waals surface area contributed by atoms with Crippen LogP contribution in [0.2, 0.25) is 0 Å². The summed E-state index contributed by atoms with van der Waals surface area (Å²) in [6, 6.07) is 40.4. The Bertz CT molecular complexity index is 1450. The molecule has 0 aliphatic heterocycles. The van der Waals surface area contributed by atoms with Crippen LogP contribution in [-0.4, -0.2) is 26.0 Å². The predicted octanol–water partition coefficient (Wildman–Crippen LogP) is 7.66. The zero-order valence-electron chi connectivity index (χ0n) is 22.2. The van der Waals surface area contributed by atoms with Crippen molar-refractivity contribution in [2.24, 2.45) is 0 Å². The molecule has 0 aromatic heterocycles. The van der Waals surface area contributed by atoms with Gasteiger partial charge >= 0.3 is 0 Å². The van der Waals surface area contributed by atoms with Gasteiger partial charge in [-0.15, -0.1) is 0 Å². The van der Waals surface area contributed by atoms with Crippen molar-refractivity contribution < 1.29 is 19.1 Å². The highest BCUT2D eigenvalue weighted by molar-refractivity contribution is 6.12. The highest BCUT2D eigenvalue weighted by Gasteiger charge is 2.23. The first-order chi connectivity index (χ1) is 19.6. The van der Waals surface area contributed by atoms with Crippen molar-refractivity contribution in [2.75, 3.05) is 24.0 Å². The Labute approximate surface area is 233 Å². The Morgan fingerprint density at radius 2 is 0.725 bits per heavy atom. The Balaban J connectivity index is 1.53. The highest BCUT2D eigenvalue weighted by atomic mass is 16.5. The summed E-state index contributed by atoms with van der Waals surface area (Å²) in [4.78, 5) is 30.8. The number of amides is 2. The molecule has 0 N–H and O–H groups in total. The molecule has 0 bridgehead atoms. The molecule has 0 fully saturated rings. The molecular formula is C34H28N2O4. The number of nitrogens with zero attached hydrogens (tertiary/aromatic N) is 2. The van der Waals surface area contributed by atoms with Crippen LogP contribution in [0, 0.1) is 0 Å². The molecule has 6 nitrogen and oxygen atoms in total. The predicted molar refractivity (Wildman–Crippen MR) is 158 cm³/mol. The normalized spacial score (nSPS) is 10.4. The first-order valence-corrected chi connectivity index (χ1v) is 12.8. The Kier molecular flexibility index (Phi) is 7.88. The standard InChI is InChI=1S/C34H28N2O4/c1-39-31-21-13-25(14-22-31)33(37)35(27-9-5-3-6-10-27)29-17-19-30(20-18-29)36(28-11-7-4-8-12-28)34(38)26-15-23-32(40-2)24-16-26/h3-24H,1-2H3. The van der Waals surface area contributed by atoms with E-state index in [1.54, 1.807) is 72.6 Å². The Hall–Kier alpha value is -5.36. The molecule has 0 unspecified atom stereocenters. The van der Waals surface area contributed by atoms with Gasteiger partial charge in [-0.05, 0) is 97.1 Å². The average molecular weight is 529 g/mol. The highest BCUT2D eigenvalue weighted by Crippen LogP contribution is 2.33. The molecule has 0 aliphatic carbocycles. The van der Waals surface area contributed by atoms with Crippen LogP contribution in [0.5, 0.6) is 11.5 Å². The second-order valence-corrected chi connectivity index (χ2v) is 8.93. The molecule has 0 heterocycles. The van der Waals surface area contributed by atoms with Gasteiger partial charge in [0.1, 0.15) is 11.5 Å². The van der Waals surface area contributed by atoms with Gasteiger partial charge in [-0.1, -0.05) is 36.4 Å². The summed E-state index contributed by atoms with van der Waals surface area (Å²) in [6.07, 6.45) is 0. The number of methoxy groups -OCH3 is 2. The molecule has 5 rings (SSSR count). The molecule has 0 spiro atoms. The van der Waals surface area contributed by atoms with E-state index in [9.17, 15) is 9.59 Å². The topological polar surface area (TPSA) is 59.1 Å². The summed E-state index contributed by atoms with van der Waals surface area (Å²) in [6.45, 7) is 0. The van der Waals surface area contributed by atoms with Crippen LogP contribution >= 0.6 is 0 Å². The van der Waals surface area contributed by atoms with Crippen molar-refractivity contribution in [1.29, 1.82) is 0 Å². The van der Waals surface area contributed by atoms with Crippen molar-refractivity contribution in [1.82, 2.24) is 0 Å². The summed E-state index contributed by atoms with van der Waals surface area (Å²) in [5.41, 5.74) is 3.83. The van der Waals surface area contributed by atoms with E-state index in [0.29, 0.717) is 34.0 Å². The van der Waals surface area contributed by atoms with Crippen LogP contribution in [0.15, 0.2) is 133 Å². The second-order valence-electron chi connectivity index (χ2n) is 8.93. The quantitative estimate of drug-likeness (QED) is 0.207. The molecule has 5 aromatic rings. The van der Waals surface area contributed by atoms with Crippen molar-refractivity contribution >= 4 is 34.6 Å². The monoisotopic (exact) mass is 528 g/mol. The summed E-state index contributed by atoms with van der Waals surface area (Å²) >= 11 is 0. The number of anilines is 4. The van der Waals surface area contributed by atoms with Crippen LogP contribution in [-0.2, 0) is 0 Å². The average Bonchev–Trinajstić information content (AvgIpc) is 3.03. The van der Waals surface area contributed by atoms with Gasteiger partial charge in [-0.2, -0.15) is 0 Å². The second kappa shape index (κ2) is 12.0. The third-order valence-electron chi connectivity index (χ3n) is 6.48. The maximum Gasteiger partial charge on any atom is 0.262 e. The third-order valence-corrected chi connectivity index (χ3v) is 6.48. The van der Waals surface area contributed by atoms with E-state index in [1.165, 1.54) is 0 Å². The number of carbonyl (C=O) groups is 2. The molecule has 2 amide bonds. The lowest BCUT2D eigenvalue weighted by molar-refractivity contribution is 0.0990. The zero-order valence-corrected chi connectivity index (χ0v) is 22.2. The van der Waals surface area contributed by atoms with E-state index < -0.39 is 0 Å². The summed E-state index contributed by atoms with van der Waals surface area (Å²) in [5.74, 6) is 0.982. The van der Waals surface area contributed by atoms with Crippen molar-refractivity contribution in [3.63, 3.8) is 0 Å². The van der Waals surface area contributed by atoms with E-state index in [4.69, 9.17) is 9.47 Å². The number of hydrogen-bond donors (Lipinski definition) is 0.